The number of hydrogen-bond donors (Lipinski definition) is 1. The maximum absolute atomic E-state index is 12.4. The number of aryl methyl sites for hydroxylation is 1. The van der Waals surface area contributed by atoms with E-state index in [4.69, 9.17) is 4.74 Å². The number of imide groups is 1. The fourth-order valence-corrected chi connectivity index (χ4v) is 3.73. The molecule has 162 valence electrons. The number of anilines is 1. The molecule has 0 saturated carbocycles. The van der Waals surface area contributed by atoms with Crippen molar-refractivity contribution in [1.29, 1.82) is 0 Å². The van der Waals surface area contributed by atoms with E-state index >= 15 is 0 Å². The van der Waals surface area contributed by atoms with Crippen molar-refractivity contribution in [3.63, 3.8) is 0 Å². The van der Waals surface area contributed by atoms with Crippen molar-refractivity contribution < 1.29 is 19.1 Å². The van der Waals surface area contributed by atoms with Crippen LogP contribution in [0.3, 0.4) is 0 Å². The number of nitrogens with one attached hydrogen (secondary N) is 1. The van der Waals surface area contributed by atoms with Crippen LogP contribution in [0.1, 0.15) is 44.9 Å². The van der Waals surface area contributed by atoms with Crippen molar-refractivity contribution in [2.75, 3.05) is 37.7 Å². The van der Waals surface area contributed by atoms with Gasteiger partial charge in [0.05, 0.1) is 36.6 Å². The smallest absolute Gasteiger partial charge is 0.261 e. The third-order valence-electron chi connectivity index (χ3n) is 5.32. The lowest BCUT2D eigenvalue weighted by Gasteiger charge is -2.27. The van der Waals surface area contributed by atoms with Crippen molar-refractivity contribution in [2.24, 2.45) is 0 Å². The Hall–Kier alpha value is -3.33. The van der Waals surface area contributed by atoms with Crippen molar-refractivity contribution in [3.8, 4) is 0 Å². The summed E-state index contributed by atoms with van der Waals surface area (Å²) in [5.74, 6) is -0.0970. The molecule has 1 aromatic heterocycles. The van der Waals surface area contributed by atoms with Crippen molar-refractivity contribution >= 4 is 23.7 Å². The van der Waals surface area contributed by atoms with E-state index in [1.807, 2.05) is 13.0 Å². The van der Waals surface area contributed by atoms with Crippen LogP contribution in [0.2, 0.25) is 0 Å². The number of aromatic nitrogens is 2. The highest BCUT2D eigenvalue weighted by atomic mass is 16.5. The number of fused-ring (bicyclic) bond motifs is 1. The van der Waals surface area contributed by atoms with E-state index in [0.29, 0.717) is 43.3 Å². The molecule has 9 nitrogen and oxygen atoms in total. The van der Waals surface area contributed by atoms with Crippen molar-refractivity contribution in [2.45, 2.75) is 26.3 Å². The first kappa shape index (κ1) is 20.9. The van der Waals surface area contributed by atoms with Gasteiger partial charge in [0.25, 0.3) is 11.8 Å². The molecule has 31 heavy (non-hydrogen) atoms. The van der Waals surface area contributed by atoms with Crippen LogP contribution in [0.25, 0.3) is 0 Å². The number of rotatable bonds is 7. The summed E-state index contributed by atoms with van der Waals surface area (Å²) >= 11 is 0. The number of carbonyl (C=O) groups is 3. The molecule has 2 aliphatic rings. The summed E-state index contributed by atoms with van der Waals surface area (Å²) in [5, 5.41) is 2.86. The number of amides is 3. The average molecular weight is 423 g/mol. The zero-order valence-corrected chi connectivity index (χ0v) is 17.5. The largest absolute Gasteiger partial charge is 0.378 e. The Kier molecular flexibility index (Phi) is 6.22. The molecule has 1 aromatic carbocycles. The molecule has 0 atom stereocenters. The van der Waals surface area contributed by atoms with Crippen LogP contribution >= 0.6 is 0 Å². The molecule has 1 fully saturated rings. The third kappa shape index (κ3) is 4.72. The average Bonchev–Trinajstić information content (AvgIpc) is 3.03. The van der Waals surface area contributed by atoms with Gasteiger partial charge in [-0.25, -0.2) is 9.97 Å². The minimum absolute atomic E-state index is 0.152. The van der Waals surface area contributed by atoms with E-state index in [9.17, 15) is 14.4 Å². The highest BCUT2D eigenvalue weighted by molar-refractivity contribution is 6.21. The van der Waals surface area contributed by atoms with Gasteiger partial charge in [0.1, 0.15) is 0 Å². The lowest BCUT2D eigenvalue weighted by Crippen LogP contribution is -2.37. The van der Waals surface area contributed by atoms with E-state index in [1.54, 1.807) is 24.3 Å². The molecule has 1 N–H and O–H groups in total. The molecule has 0 bridgehead atoms. The Balaban J connectivity index is 1.26. The molecule has 0 radical (unpaired) electrons. The van der Waals surface area contributed by atoms with E-state index in [1.165, 1.54) is 4.90 Å². The molecule has 3 amide bonds. The normalized spacial score (nSPS) is 15.9. The second-order valence-electron chi connectivity index (χ2n) is 7.59. The van der Waals surface area contributed by atoms with Gasteiger partial charge < -0.3 is 15.0 Å². The summed E-state index contributed by atoms with van der Waals surface area (Å²) in [6.45, 7) is 5.20. The van der Waals surface area contributed by atoms with E-state index in [-0.39, 0.29) is 30.7 Å². The highest BCUT2D eigenvalue weighted by Gasteiger charge is 2.34. The molecule has 0 spiro atoms. The predicted octanol–water partition coefficient (Wildman–Crippen LogP) is 1.31. The van der Waals surface area contributed by atoms with Crippen LogP contribution in [-0.2, 0) is 16.1 Å². The Bertz CT molecular complexity index is 968. The summed E-state index contributed by atoms with van der Waals surface area (Å²) in [7, 11) is 0. The third-order valence-corrected chi connectivity index (χ3v) is 5.32. The monoisotopic (exact) mass is 423 g/mol. The maximum atomic E-state index is 12.4. The standard InChI is InChI=1S/C22H25N5O4/c1-15-13-16(25-22(24-15)26-9-11-31-12-10-26)14-23-19(28)7-4-8-27-20(29)17-5-2-3-6-18(17)21(27)30/h2-3,5-6,13H,4,7-12,14H2,1H3,(H,23,28). The zero-order valence-electron chi connectivity index (χ0n) is 17.5. The molecule has 0 aliphatic carbocycles. The lowest BCUT2D eigenvalue weighted by molar-refractivity contribution is -0.121. The van der Waals surface area contributed by atoms with Crippen LogP contribution < -0.4 is 10.2 Å². The lowest BCUT2D eigenvalue weighted by atomic mass is 10.1. The number of carbonyl (C=O) groups excluding carboxylic acids is 3. The molecule has 9 heteroatoms. The molecule has 0 unspecified atom stereocenters. The van der Waals surface area contributed by atoms with Gasteiger partial charge in [-0.15, -0.1) is 0 Å². The Morgan fingerprint density at radius 3 is 2.45 bits per heavy atom. The SMILES string of the molecule is Cc1cc(CNC(=O)CCCN2C(=O)c3ccccc3C2=O)nc(N2CCOCC2)n1. The van der Waals surface area contributed by atoms with E-state index in [0.717, 1.165) is 24.5 Å². The summed E-state index contributed by atoms with van der Waals surface area (Å²) in [6.07, 6.45) is 0.618. The van der Waals surface area contributed by atoms with Gasteiger partial charge >= 0.3 is 0 Å². The van der Waals surface area contributed by atoms with Crippen molar-refractivity contribution in [1.82, 2.24) is 20.2 Å². The van der Waals surface area contributed by atoms with Crippen LogP contribution in [0.4, 0.5) is 5.95 Å². The van der Waals surface area contributed by atoms with Crippen LogP contribution in [-0.4, -0.2) is 65.4 Å². The Labute approximate surface area is 180 Å². The molecule has 2 aromatic rings. The maximum Gasteiger partial charge on any atom is 0.261 e. The summed E-state index contributed by atoms with van der Waals surface area (Å²) in [5.41, 5.74) is 2.42. The van der Waals surface area contributed by atoms with Gasteiger partial charge in [-0.3, -0.25) is 19.3 Å². The highest BCUT2D eigenvalue weighted by Crippen LogP contribution is 2.22. The Morgan fingerprint density at radius 1 is 1.10 bits per heavy atom. The van der Waals surface area contributed by atoms with Crippen LogP contribution in [0, 0.1) is 6.92 Å². The molecule has 3 heterocycles. The summed E-state index contributed by atoms with van der Waals surface area (Å²) < 4.78 is 5.37. The minimum atomic E-state index is -0.298. The minimum Gasteiger partial charge on any atom is -0.378 e. The Morgan fingerprint density at radius 2 is 1.77 bits per heavy atom. The first-order valence-corrected chi connectivity index (χ1v) is 10.4. The molecule has 1 saturated heterocycles. The van der Waals surface area contributed by atoms with Gasteiger partial charge in [-0.05, 0) is 31.5 Å². The first-order chi connectivity index (χ1) is 15.0. The van der Waals surface area contributed by atoms with Crippen LogP contribution in [0.15, 0.2) is 30.3 Å². The van der Waals surface area contributed by atoms with Crippen LogP contribution in [0.5, 0.6) is 0 Å². The molecular weight excluding hydrogens is 398 g/mol. The zero-order chi connectivity index (χ0) is 21.8. The fraction of sp³-hybridized carbons (Fsp3) is 0.409. The second kappa shape index (κ2) is 9.22. The quantitative estimate of drug-likeness (QED) is 0.670. The van der Waals surface area contributed by atoms with Gasteiger partial charge in [0.2, 0.25) is 11.9 Å². The molecule has 2 aliphatic heterocycles. The number of nitrogens with zero attached hydrogens (tertiary/aromatic N) is 4. The van der Waals surface area contributed by atoms with E-state index in [2.05, 4.69) is 20.2 Å². The molecular formula is C22H25N5O4. The number of benzene rings is 1. The van der Waals surface area contributed by atoms with E-state index < -0.39 is 0 Å². The first-order valence-electron chi connectivity index (χ1n) is 10.4. The summed E-state index contributed by atoms with van der Waals surface area (Å²) in [6, 6.07) is 8.62. The number of morpholine rings is 1. The number of hydrogen-bond acceptors (Lipinski definition) is 7. The molecule has 4 rings (SSSR count). The summed E-state index contributed by atoms with van der Waals surface area (Å²) in [4.78, 5) is 49.3. The van der Waals surface area contributed by atoms with Gasteiger partial charge in [0, 0.05) is 31.7 Å². The van der Waals surface area contributed by atoms with Gasteiger partial charge in [-0.1, -0.05) is 12.1 Å². The van der Waals surface area contributed by atoms with Crippen molar-refractivity contribution in [3.05, 3.63) is 52.8 Å². The van der Waals surface area contributed by atoms with Gasteiger partial charge in [0.15, 0.2) is 0 Å². The number of ether oxygens (including phenoxy) is 1. The fourth-order valence-electron chi connectivity index (χ4n) is 3.73. The van der Waals surface area contributed by atoms with Gasteiger partial charge in [-0.2, -0.15) is 0 Å². The predicted molar refractivity (Wildman–Crippen MR) is 113 cm³/mol. The topological polar surface area (TPSA) is 105 Å². The second-order valence-corrected chi connectivity index (χ2v) is 7.59.